The largest absolute Gasteiger partial charge is 0.481 e. The topological polar surface area (TPSA) is 142 Å². The van der Waals surface area contributed by atoms with Gasteiger partial charge in [-0.3, -0.25) is 4.79 Å². The SMILES string of the molecule is O=C(O)C1CCCCCN(C(=O)O)NNN(C(=O)O)CC1. The second kappa shape index (κ2) is 8.27. The highest BCUT2D eigenvalue weighted by atomic mass is 16.4. The molecule has 1 aliphatic heterocycles. The van der Waals surface area contributed by atoms with Crippen LogP contribution in [0.5, 0.6) is 0 Å². The van der Waals surface area contributed by atoms with Crippen molar-refractivity contribution in [3.8, 4) is 0 Å². The van der Waals surface area contributed by atoms with Gasteiger partial charge in [-0.2, -0.15) is 0 Å². The van der Waals surface area contributed by atoms with Crippen molar-refractivity contribution in [2.75, 3.05) is 13.1 Å². The van der Waals surface area contributed by atoms with Gasteiger partial charge in [-0.1, -0.05) is 12.8 Å². The first kappa shape index (κ1) is 17.0. The van der Waals surface area contributed by atoms with Gasteiger partial charge in [-0.15, -0.1) is 11.1 Å². The molecular formula is C11H20N4O6. The van der Waals surface area contributed by atoms with Crippen LogP contribution >= 0.6 is 0 Å². The molecule has 1 fully saturated rings. The molecule has 0 aromatic rings. The van der Waals surface area contributed by atoms with Gasteiger partial charge < -0.3 is 15.3 Å². The number of carboxylic acid groups (broad SMARTS) is 3. The van der Waals surface area contributed by atoms with Crippen LogP contribution in [-0.2, 0) is 4.79 Å². The molecule has 1 rings (SSSR count). The van der Waals surface area contributed by atoms with Gasteiger partial charge in [0.05, 0.1) is 5.92 Å². The third kappa shape index (κ3) is 5.83. The normalized spacial score (nSPS) is 22.0. The maximum absolute atomic E-state index is 11.1. The first-order valence-corrected chi connectivity index (χ1v) is 6.67. The highest BCUT2D eigenvalue weighted by Gasteiger charge is 2.22. The Morgan fingerprint density at radius 3 is 1.90 bits per heavy atom. The Bertz CT molecular complexity index is 363. The summed E-state index contributed by atoms with van der Waals surface area (Å²) in [5, 5.41) is 28.6. The molecule has 0 aromatic heterocycles. The Labute approximate surface area is 121 Å². The fraction of sp³-hybridized carbons (Fsp3) is 0.727. The molecule has 1 unspecified atom stereocenters. The number of hydrogen-bond donors (Lipinski definition) is 5. The predicted molar refractivity (Wildman–Crippen MR) is 69.9 cm³/mol. The molecule has 1 saturated heterocycles. The number of rotatable bonds is 1. The lowest BCUT2D eigenvalue weighted by atomic mass is 9.98. The van der Waals surface area contributed by atoms with Crippen molar-refractivity contribution in [2.45, 2.75) is 32.1 Å². The van der Waals surface area contributed by atoms with Crippen molar-refractivity contribution in [2.24, 2.45) is 5.92 Å². The van der Waals surface area contributed by atoms with E-state index in [1.54, 1.807) is 0 Å². The van der Waals surface area contributed by atoms with Gasteiger partial charge in [0.1, 0.15) is 0 Å². The number of hydrogen-bond acceptors (Lipinski definition) is 5. The quantitative estimate of drug-likeness (QED) is 0.472. The average Bonchev–Trinajstić information content (AvgIpc) is 2.38. The lowest BCUT2D eigenvalue weighted by molar-refractivity contribution is -0.142. The Balaban J connectivity index is 2.71. The Morgan fingerprint density at radius 1 is 0.810 bits per heavy atom. The van der Waals surface area contributed by atoms with E-state index in [4.69, 9.17) is 15.3 Å². The molecular weight excluding hydrogens is 284 g/mol. The van der Waals surface area contributed by atoms with Crippen LogP contribution in [0.1, 0.15) is 32.1 Å². The minimum absolute atomic E-state index is 0.0627. The second-order valence-corrected chi connectivity index (χ2v) is 4.77. The maximum atomic E-state index is 11.1. The van der Waals surface area contributed by atoms with Crippen molar-refractivity contribution in [1.29, 1.82) is 0 Å². The van der Waals surface area contributed by atoms with E-state index >= 15 is 0 Å². The standard InChI is InChI=1S/C11H20N4O6/c16-9(17)8-4-2-1-3-6-14(10(18)19)12-13-15(7-5-8)11(20)21/h8,12-13H,1-7H2,(H,16,17)(H,18,19)(H,20,21). The minimum Gasteiger partial charge on any atom is -0.481 e. The van der Waals surface area contributed by atoms with Crippen LogP contribution < -0.4 is 11.1 Å². The van der Waals surface area contributed by atoms with Crippen molar-refractivity contribution in [3.63, 3.8) is 0 Å². The summed E-state index contributed by atoms with van der Waals surface area (Å²) in [4.78, 5) is 33.1. The number of aliphatic carboxylic acids is 1. The molecule has 5 N–H and O–H groups in total. The lowest BCUT2D eigenvalue weighted by Gasteiger charge is -2.27. The number of amides is 2. The van der Waals surface area contributed by atoms with Gasteiger partial charge >= 0.3 is 18.2 Å². The zero-order valence-corrected chi connectivity index (χ0v) is 11.5. The van der Waals surface area contributed by atoms with Gasteiger partial charge in [-0.25, -0.2) is 19.6 Å². The van der Waals surface area contributed by atoms with Crippen LogP contribution in [0.2, 0.25) is 0 Å². The number of carbonyl (C=O) groups is 3. The molecule has 0 spiro atoms. The average molecular weight is 304 g/mol. The molecule has 0 aromatic carbocycles. The Hall–Kier alpha value is -2.07. The summed E-state index contributed by atoms with van der Waals surface area (Å²) >= 11 is 0. The molecule has 1 heterocycles. The highest BCUT2D eigenvalue weighted by Crippen LogP contribution is 2.15. The second-order valence-electron chi connectivity index (χ2n) is 4.77. The van der Waals surface area contributed by atoms with E-state index in [0.29, 0.717) is 25.7 Å². The summed E-state index contributed by atoms with van der Waals surface area (Å²) in [5.74, 6) is -1.55. The van der Waals surface area contributed by atoms with Gasteiger partial charge in [0.15, 0.2) is 0 Å². The number of nitrogens with zero attached hydrogens (tertiary/aromatic N) is 2. The number of nitrogens with one attached hydrogen (secondary N) is 2. The Kier molecular flexibility index (Phi) is 6.69. The first-order chi connectivity index (χ1) is 9.91. The zero-order chi connectivity index (χ0) is 15.8. The fourth-order valence-electron chi connectivity index (χ4n) is 2.03. The van der Waals surface area contributed by atoms with Crippen LogP contribution in [0.25, 0.3) is 0 Å². The van der Waals surface area contributed by atoms with E-state index in [2.05, 4.69) is 11.1 Å². The first-order valence-electron chi connectivity index (χ1n) is 6.67. The molecule has 21 heavy (non-hydrogen) atoms. The van der Waals surface area contributed by atoms with Crippen molar-refractivity contribution >= 4 is 18.2 Å². The molecule has 2 amide bonds. The van der Waals surface area contributed by atoms with E-state index < -0.39 is 24.1 Å². The number of carboxylic acids is 1. The van der Waals surface area contributed by atoms with E-state index in [1.165, 1.54) is 0 Å². The molecule has 0 aliphatic carbocycles. The highest BCUT2D eigenvalue weighted by molar-refractivity contribution is 5.70. The Morgan fingerprint density at radius 2 is 1.38 bits per heavy atom. The minimum atomic E-state index is -1.32. The molecule has 0 saturated carbocycles. The monoisotopic (exact) mass is 304 g/mol. The van der Waals surface area contributed by atoms with Crippen LogP contribution in [0.15, 0.2) is 0 Å². The van der Waals surface area contributed by atoms with Gasteiger partial charge in [0, 0.05) is 13.1 Å². The summed E-state index contributed by atoms with van der Waals surface area (Å²) in [5.41, 5.74) is 4.56. The van der Waals surface area contributed by atoms with Crippen molar-refractivity contribution < 1.29 is 29.7 Å². The van der Waals surface area contributed by atoms with E-state index in [-0.39, 0.29) is 19.5 Å². The fourth-order valence-corrected chi connectivity index (χ4v) is 2.03. The molecule has 0 radical (unpaired) electrons. The van der Waals surface area contributed by atoms with Crippen molar-refractivity contribution in [3.05, 3.63) is 0 Å². The van der Waals surface area contributed by atoms with Crippen molar-refractivity contribution in [1.82, 2.24) is 21.1 Å². The summed E-state index contributed by atoms with van der Waals surface area (Å²) in [6.45, 7) is 0.111. The third-order valence-electron chi connectivity index (χ3n) is 3.27. The van der Waals surface area contributed by atoms with Gasteiger partial charge in [0.2, 0.25) is 0 Å². The van der Waals surface area contributed by atoms with E-state index in [1.807, 2.05) is 0 Å². The predicted octanol–water partition coefficient (Wildman–Crippen LogP) is 0.536. The maximum Gasteiger partial charge on any atom is 0.422 e. The van der Waals surface area contributed by atoms with Crippen LogP contribution in [-0.4, -0.2) is 56.6 Å². The van der Waals surface area contributed by atoms with E-state index in [9.17, 15) is 14.4 Å². The zero-order valence-electron chi connectivity index (χ0n) is 11.5. The summed E-state index contributed by atoms with van der Waals surface area (Å²) < 4.78 is 0. The van der Waals surface area contributed by atoms with Crippen LogP contribution in [0.4, 0.5) is 9.59 Å². The summed E-state index contributed by atoms with van der Waals surface area (Å²) in [6, 6.07) is 0. The number of hydrazine groups is 3. The van der Waals surface area contributed by atoms with Crippen LogP contribution in [0.3, 0.4) is 0 Å². The summed E-state index contributed by atoms with van der Waals surface area (Å²) in [6.07, 6.45) is -0.0297. The molecule has 10 heteroatoms. The molecule has 1 aliphatic rings. The smallest absolute Gasteiger partial charge is 0.422 e. The molecule has 0 bridgehead atoms. The summed E-state index contributed by atoms with van der Waals surface area (Å²) in [7, 11) is 0. The van der Waals surface area contributed by atoms with Gasteiger partial charge in [-0.05, 0) is 19.3 Å². The molecule has 10 nitrogen and oxygen atoms in total. The molecule has 1 atom stereocenters. The molecule has 120 valence electrons. The lowest BCUT2D eigenvalue weighted by Crippen LogP contribution is -2.58. The van der Waals surface area contributed by atoms with Gasteiger partial charge in [0.25, 0.3) is 0 Å². The van der Waals surface area contributed by atoms with E-state index in [0.717, 1.165) is 10.0 Å². The third-order valence-corrected chi connectivity index (χ3v) is 3.27. The van der Waals surface area contributed by atoms with Crippen LogP contribution in [0, 0.1) is 5.92 Å².